The van der Waals surface area contributed by atoms with Gasteiger partial charge in [0.25, 0.3) is 0 Å². The molecule has 1 saturated carbocycles. The zero-order valence-corrected chi connectivity index (χ0v) is 8.87. The third-order valence-electron chi connectivity index (χ3n) is 3.46. The van der Waals surface area contributed by atoms with Crippen LogP contribution in [0.5, 0.6) is 0 Å². The number of nitrogens with two attached hydrogens (primary N) is 1. The molecule has 3 N–H and O–H groups in total. The molecule has 1 unspecified atom stereocenters. The molecule has 3 nitrogen and oxygen atoms in total. The van der Waals surface area contributed by atoms with E-state index in [-0.39, 0.29) is 0 Å². The molecule has 0 spiro atoms. The van der Waals surface area contributed by atoms with Crippen molar-refractivity contribution in [1.29, 1.82) is 0 Å². The molecule has 1 saturated heterocycles. The Morgan fingerprint density at radius 3 is 2.57 bits per heavy atom. The Labute approximate surface area is 86.4 Å². The van der Waals surface area contributed by atoms with Crippen LogP contribution >= 0.6 is 0 Å². The van der Waals surface area contributed by atoms with E-state index in [4.69, 9.17) is 10.5 Å². The highest BCUT2D eigenvalue weighted by molar-refractivity contribution is 4.76. The van der Waals surface area contributed by atoms with Crippen molar-refractivity contribution in [2.45, 2.75) is 50.8 Å². The second-order valence-electron chi connectivity index (χ2n) is 4.69. The smallest absolute Gasteiger partial charge is 0.108 e. The van der Waals surface area contributed by atoms with Crippen LogP contribution in [0.1, 0.15) is 38.5 Å². The summed E-state index contributed by atoms with van der Waals surface area (Å²) < 4.78 is 5.53. The van der Waals surface area contributed by atoms with Crippen molar-refractivity contribution in [1.82, 2.24) is 5.32 Å². The normalized spacial score (nSPS) is 38.8. The van der Waals surface area contributed by atoms with Gasteiger partial charge >= 0.3 is 0 Å². The molecule has 1 heterocycles. The molecule has 0 amide bonds. The maximum Gasteiger partial charge on any atom is 0.108 e. The Bertz CT molecular complexity index is 161. The summed E-state index contributed by atoms with van der Waals surface area (Å²) in [5.41, 5.74) is 5.87. The van der Waals surface area contributed by atoms with Gasteiger partial charge in [-0.05, 0) is 44.4 Å². The largest absolute Gasteiger partial charge is 0.363 e. The van der Waals surface area contributed by atoms with Crippen LogP contribution < -0.4 is 11.1 Å². The average molecular weight is 198 g/mol. The molecule has 82 valence electrons. The van der Waals surface area contributed by atoms with Gasteiger partial charge < -0.3 is 10.5 Å². The molecule has 2 fully saturated rings. The molecule has 0 aromatic rings. The summed E-state index contributed by atoms with van der Waals surface area (Å²) in [5, 5.41) is 3.50. The fraction of sp³-hybridized carbons (Fsp3) is 1.00. The Kier molecular flexibility index (Phi) is 3.79. The van der Waals surface area contributed by atoms with Crippen molar-refractivity contribution in [3.05, 3.63) is 0 Å². The summed E-state index contributed by atoms with van der Waals surface area (Å²) >= 11 is 0. The van der Waals surface area contributed by atoms with E-state index in [9.17, 15) is 0 Å². The average Bonchev–Trinajstić information content (AvgIpc) is 2.70. The van der Waals surface area contributed by atoms with Crippen molar-refractivity contribution >= 4 is 0 Å². The second-order valence-corrected chi connectivity index (χ2v) is 4.69. The first-order valence-electron chi connectivity index (χ1n) is 5.95. The fourth-order valence-electron chi connectivity index (χ4n) is 2.43. The third kappa shape index (κ3) is 2.94. The van der Waals surface area contributed by atoms with Crippen LogP contribution in [-0.4, -0.2) is 25.4 Å². The van der Waals surface area contributed by atoms with Crippen molar-refractivity contribution in [3.63, 3.8) is 0 Å². The summed E-state index contributed by atoms with van der Waals surface area (Å²) in [4.78, 5) is 0. The second kappa shape index (κ2) is 5.10. The van der Waals surface area contributed by atoms with Crippen LogP contribution in [0.4, 0.5) is 0 Å². The number of ether oxygens (including phenoxy) is 1. The van der Waals surface area contributed by atoms with E-state index in [1.54, 1.807) is 0 Å². The van der Waals surface area contributed by atoms with E-state index in [1.165, 1.54) is 38.5 Å². The molecule has 0 radical (unpaired) electrons. The minimum Gasteiger partial charge on any atom is -0.363 e. The SMILES string of the molecule is NC1CCC(CNC2CCCO2)CC1. The van der Waals surface area contributed by atoms with Crippen molar-refractivity contribution in [3.8, 4) is 0 Å². The Morgan fingerprint density at radius 1 is 1.14 bits per heavy atom. The zero-order valence-electron chi connectivity index (χ0n) is 8.87. The molecule has 2 rings (SSSR count). The van der Waals surface area contributed by atoms with Crippen molar-refractivity contribution < 1.29 is 4.74 Å². The lowest BCUT2D eigenvalue weighted by Gasteiger charge is -2.27. The lowest BCUT2D eigenvalue weighted by molar-refractivity contribution is 0.0781. The van der Waals surface area contributed by atoms with Gasteiger partial charge in [-0.25, -0.2) is 0 Å². The molecule has 1 aliphatic carbocycles. The van der Waals surface area contributed by atoms with E-state index in [0.717, 1.165) is 19.1 Å². The van der Waals surface area contributed by atoms with Crippen LogP contribution in [0.2, 0.25) is 0 Å². The molecule has 0 bridgehead atoms. The van der Waals surface area contributed by atoms with Crippen LogP contribution in [0.3, 0.4) is 0 Å². The van der Waals surface area contributed by atoms with E-state index < -0.39 is 0 Å². The van der Waals surface area contributed by atoms with Gasteiger partial charge in [-0.3, -0.25) is 5.32 Å². The number of hydrogen-bond acceptors (Lipinski definition) is 3. The van der Waals surface area contributed by atoms with Gasteiger partial charge in [-0.15, -0.1) is 0 Å². The predicted octanol–water partition coefficient (Wildman–Crippen LogP) is 1.23. The first kappa shape index (κ1) is 10.4. The van der Waals surface area contributed by atoms with Gasteiger partial charge in [0.1, 0.15) is 6.23 Å². The quantitative estimate of drug-likeness (QED) is 0.717. The molecular formula is C11H22N2O. The molecular weight excluding hydrogens is 176 g/mol. The Balaban J connectivity index is 1.60. The highest BCUT2D eigenvalue weighted by Gasteiger charge is 2.20. The van der Waals surface area contributed by atoms with E-state index in [0.29, 0.717) is 12.3 Å². The van der Waals surface area contributed by atoms with Crippen LogP contribution in [0, 0.1) is 5.92 Å². The lowest BCUT2D eigenvalue weighted by atomic mass is 9.86. The van der Waals surface area contributed by atoms with Gasteiger partial charge in [0.2, 0.25) is 0 Å². The van der Waals surface area contributed by atoms with Gasteiger partial charge in [-0.1, -0.05) is 0 Å². The van der Waals surface area contributed by atoms with E-state index >= 15 is 0 Å². The van der Waals surface area contributed by atoms with Crippen LogP contribution in [0.15, 0.2) is 0 Å². The minimum absolute atomic E-state index is 0.339. The lowest BCUT2D eigenvalue weighted by Crippen LogP contribution is -2.36. The summed E-state index contributed by atoms with van der Waals surface area (Å²) in [6, 6.07) is 0.467. The van der Waals surface area contributed by atoms with E-state index in [2.05, 4.69) is 5.32 Å². The molecule has 0 aromatic carbocycles. The first-order valence-corrected chi connectivity index (χ1v) is 5.95. The van der Waals surface area contributed by atoms with Gasteiger partial charge in [0, 0.05) is 19.2 Å². The third-order valence-corrected chi connectivity index (χ3v) is 3.46. The summed E-state index contributed by atoms with van der Waals surface area (Å²) in [6.07, 6.45) is 7.74. The highest BCUT2D eigenvalue weighted by atomic mass is 16.5. The molecule has 14 heavy (non-hydrogen) atoms. The topological polar surface area (TPSA) is 47.3 Å². The number of nitrogens with one attached hydrogen (secondary N) is 1. The zero-order chi connectivity index (χ0) is 9.80. The molecule has 0 aromatic heterocycles. The Morgan fingerprint density at radius 2 is 1.93 bits per heavy atom. The summed E-state index contributed by atoms with van der Waals surface area (Å²) in [7, 11) is 0. The summed E-state index contributed by atoms with van der Waals surface area (Å²) in [6.45, 7) is 2.06. The monoisotopic (exact) mass is 198 g/mol. The Hall–Kier alpha value is -0.120. The van der Waals surface area contributed by atoms with Crippen LogP contribution in [0.25, 0.3) is 0 Å². The van der Waals surface area contributed by atoms with E-state index in [1.807, 2.05) is 0 Å². The minimum atomic E-state index is 0.339. The maximum atomic E-state index is 5.87. The first-order chi connectivity index (χ1) is 6.84. The van der Waals surface area contributed by atoms with Gasteiger partial charge in [-0.2, -0.15) is 0 Å². The molecule has 3 heteroatoms. The van der Waals surface area contributed by atoms with Crippen molar-refractivity contribution in [2.24, 2.45) is 11.7 Å². The number of hydrogen-bond donors (Lipinski definition) is 2. The standard InChI is InChI=1S/C11H22N2O/c12-10-5-3-9(4-6-10)8-13-11-2-1-7-14-11/h9-11,13H,1-8,12H2. The van der Waals surface area contributed by atoms with Crippen LogP contribution in [-0.2, 0) is 4.74 Å². The molecule has 1 atom stereocenters. The molecule has 1 aliphatic heterocycles. The van der Waals surface area contributed by atoms with Gasteiger partial charge in [0.15, 0.2) is 0 Å². The summed E-state index contributed by atoms with van der Waals surface area (Å²) in [5.74, 6) is 0.832. The van der Waals surface area contributed by atoms with Gasteiger partial charge in [0.05, 0.1) is 0 Å². The number of rotatable bonds is 3. The highest BCUT2D eigenvalue weighted by Crippen LogP contribution is 2.22. The fourth-order valence-corrected chi connectivity index (χ4v) is 2.43. The maximum absolute atomic E-state index is 5.87. The molecule has 2 aliphatic rings. The predicted molar refractivity (Wildman–Crippen MR) is 56.9 cm³/mol. The van der Waals surface area contributed by atoms with Crippen molar-refractivity contribution in [2.75, 3.05) is 13.2 Å².